The molecule has 0 spiro atoms. The summed E-state index contributed by atoms with van der Waals surface area (Å²) >= 11 is 0. The lowest BCUT2D eigenvalue weighted by atomic mass is 10.0. The summed E-state index contributed by atoms with van der Waals surface area (Å²) in [7, 11) is 0. The van der Waals surface area contributed by atoms with Gasteiger partial charge in [-0.2, -0.15) is 0 Å². The maximum atomic E-state index is 13.4. The number of carboxylic acids is 1. The SMILES string of the molecule is CCOC(=O)N1CCN(C(=O)C(CCC(=O)O)NC(=O)c2cc(C3CCOC3)nc(-c3ccccc3)n2)CC1. The van der Waals surface area contributed by atoms with Gasteiger partial charge in [0.1, 0.15) is 11.7 Å². The van der Waals surface area contributed by atoms with Gasteiger partial charge in [-0.3, -0.25) is 14.4 Å². The molecule has 1 aromatic carbocycles. The van der Waals surface area contributed by atoms with Gasteiger partial charge in [-0.05, 0) is 25.8 Å². The number of carbonyl (C=O) groups is 4. The van der Waals surface area contributed by atoms with Crippen molar-refractivity contribution in [2.75, 3.05) is 46.0 Å². The van der Waals surface area contributed by atoms with Gasteiger partial charge in [-0.1, -0.05) is 30.3 Å². The van der Waals surface area contributed by atoms with E-state index in [-0.39, 0.29) is 57.2 Å². The number of piperazine rings is 1. The lowest BCUT2D eigenvalue weighted by molar-refractivity contribution is -0.138. The molecule has 0 aliphatic carbocycles. The molecule has 2 aromatic rings. The number of hydrogen-bond donors (Lipinski definition) is 2. The van der Waals surface area contributed by atoms with Crippen LogP contribution in [0.15, 0.2) is 36.4 Å². The first-order valence-corrected chi connectivity index (χ1v) is 13.1. The third-order valence-corrected chi connectivity index (χ3v) is 6.73. The van der Waals surface area contributed by atoms with E-state index in [1.165, 1.54) is 9.80 Å². The fourth-order valence-corrected chi connectivity index (χ4v) is 4.58. The van der Waals surface area contributed by atoms with Crippen molar-refractivity contribution in [3.8, 4) is 11.4 Å². The Hall–Kier alpha value is -4.06. The zero-order chi connectivity index (χ0) is 27.8. The van der Waals surface area contributed by atoms with Gasteiger partial charge in [-0.25, -0.2) is 14.8 Å². The third kappa shape index (κ3) is 7.29. The van der Waals surface area contributed by atoms with Crippen molar-refractivity contribution in [1.29, 1.82) is 0 Å². The molecule has 2 aliphatic heterocycles. The Kier molecular flexibility index (Phi) is 9.42. The molecule has 208 valence electrons. The molecule has 1 aromatic heterocycles. The predicted octanol–water partition coefficient (Wildman–Crippen LogP) is 1.91. The minimum absolute atomic E-state index is 0.0159. The normalized spacial score (nSPS) is 17.9. The summed E-state index contributed by atoms with van der Waals surface area (Å²) in [5.74, 6) is -1.68. The van der Waals surface area contributed by atoms with Crippen LogP contribution >= 0.6 is 0 Å². The molecular weight excluding hydrogens is 506 g/mol. The van der Waals surface area contributed by atoms with Crippen LogP contribution in [-0.4, -0.2) is 101 Å². The molecule has 3 amide bonds. The molecule has 2 atom stereocenters. The van der Waals surface area contributed by atoms with Gasteiger partial charge in [0.15, 0.2) is 5.82 Å². The molecule has 2 aliphatic rings. The second-order valence-electron chi connectivity index (χ2n) is 9.40. The molecular formula is C27H33N5O7. The monoisotopic (exact) mass is 539 g/mol. The van der Waals surface area contributed by atoms with Crippen LogP contribution in [0.5, 0.6) is 0 Å². The number of hydrogen-bond acceptors (Lipinski definition) is 8. The molecule has 2 fully saturated rings. The van der Waals surface area contributed by atoms with E-state index in [0.29, 0.717) is 24.7 Å². The molecule has 0 bridgehead atoms. The van der Waals surface area contributed by atoms with Crippen molar-refractivity contribution < 1.29 is 33.8 Å². The van der Waals surface area contributed by atoms with Crippen LogP contribution in [0.4, 0.5) is 4.79 Å². The highest BCUT2D eigenvalue weighted by Gasteiger charge is 2.31. The average Bonchev–Trinajstić information content (AvgIpc) is 3.50. The predicted molar refractivity (Wildman–Crippen MR) is 139 cm³/mol. The molecule has 2 unspecified atom stereocenters. The molecule has 2 saturated heterocycles. The molecule has 0 radical (unpaired) electrons. The van der Waals surface area contributed by atoms with Crippen molar-refractivity contribution in [3.05, 3.63) is 47.8 Å². The van der Waals surface area contributed by atoms with E-state index < -0.39 is 29.9 Å². The van der Waals surface area contributed by atoms with Gasteiger partial charge >= 0.3 is 12.1 Å². The van der Waals surface area contributed by atoms with Crippen LogP contribution < -0.4 is 5.32 Å². The van der Waals surface area contributed by atoms with Crippen LogP contribution in [0.1, 0.15) is 48.3 Å². The zero-order valence-corrected chi connectivity index (χ0v) is 21.9. The van der Waals surface area contributed by atoms with Gasteiger partial charge < -0.3 is 29.7 Å². The number of nitrogens with one attached hydrogen (secondary N) is 1. The number of nitrogens with zero attached hydrogens (tertiary/aromatic N) is 4. The van der Waals surface area contributed by atoms with E-state index in [9.17, 15) is 24.3 Å². The van der Waals surface area contributed by atoms with E-state index in [0.717, 1.165) is 12.0 Å². The van der Waals surface area contributed by atoms with E-state index in [2.05, 4.69) is 15.3 Å². The first-order valence-electron chi connectivity index (χ1n) is 13.1. The number of ether oxygens (including phenoxy) is 2. The summed E-state index contributed by atoms with van der Waals surface area (Å²) in [6, 6.07) is 9.81. The lowest BCUT2D eigenvalue weighted by Crippen LogP contribution is -2.56. The molecule has 12 nitrogen and oxygen atoms in total. The standard InChI is InChI=1S/C27H33N5O7/c1-2-39-27(37)32-13-11-31(12-14-32)26(36)20(8-9-23(33)34)30-25(35)22-16-21(19-10-15-38-17-19)28-24(29-22)18-6-4-3-5-7-18/h3-7,16,19-20H,2,8-15,17H2,1H3,(H,30,35)(H,33,34). The van der Waals surface area contributed by atoms with Gasteiger partial charge in [-0.15, -0.1) is 0 Å². The molecule has 12 heteroatoms. The molecule has 2 N–H and O–H groups in total. The van der Waals surface area contributed by atoms with Crippen LogP contribution in [0.25, 0.3) is 11.4 Å². The minimum atomic E-state index is -1.08. The first-order chi connectivity index (χ1) is 18.9. The van der Waals surface area contributed by atoms with E-state index in [4.69, 9.17) is 9.47 Å². The Morgan fingerprint density at radius 2 is 1.82 bits per heavy atom. The van der Waals surface area contributed by atoms with E-state index in [1.54, 1.807) is 13.0 Å². The third-order valence-electron chi connectivity index (χ3n) is 6.73. The quantitative estimate of drug-likeness (QED) is 0.487. The van der Waals surface area contributed by atoms with Gasteiger partial charge in [0.2, 0.25) is 5.91 Å². The molecule has 3 heterocycles. The largest absolute Gasteiger partial charge is 0.481 e. The summed E-state index contributed by atoms with van der Waals surface area (Å²) < 4.78 is 10.5. The van der Waals surface area contributed by atoms with Crippen LogP contribution in [-0.2, 0) is 19.1 Å². The molecule has 4 rings (SSSR count). The second kappa shape index (κ2) is 13.1. The maximum absolute atomic E-state index is 13.4. The summed E-state index contributed by atoms with van der Waals surface area (Å²) in [6.07, 6.45) is -0.0629. The van der Waals surface area contributed by atoms with Crippen LogP contribution in [0.2, 0.25) is 0 Å². The van der Waals surface area contributed by atoms with Crippen molar-refractivity contribution >= 4 is 23.9 Å². The fraction of sp³-hybridized carbons (Fsp3) is 0.481. The number of aliphatic carboxylic acids is 1. The molecule has 39 heavy (non-hydrogen) atoms. The number of rotatable bonds is 9. The van der Waals surface area contributed by atoms with Gasteiger partial charge in [0, 0.05) is 50.7 Å². The van der Waals surface area contributed by atoms with Gasteiger partial charge in [0.05, 0.1) is 18.9 Å². The van der Waals surface area contributed by atoms with Crippen molar-refractivity contribution in [1.82, 2.24) is 25.1 Å². The highest BCUT2D eigenvalue weighted by molar-refractivity contribution is 5.96. The van der Waals surface area contributed by atoms with Crippen molar-refractivity contribution in [3.63, 3.8) is 0 Å². The minimum Gasteiger partial charge on any atom is -0.481 e. The zero-order valence-electron chi connectivity index (χ0n) is 21.9. The van der Waals surface area contributed by atoms with Crippen LogP contribution in [0, 0.1) is 0 Å². The number of benzene rings is 1. The van der Waals surface area contributed by atoms with Crippen molar-refractivity contribution in [2.24, 2.45) is 0 Å². The second-order valence-corrected chi connectivity index (χ2v) is 9.40. The Morgan fingerprint density at radius 3 is 2.46 bits per heavy atom. The maximum Gasteiger partial charge on any atom is 0.409 e. The first kappa shape index (κ1) is 28.0. The summed E-state index contributed by atoms with van der Waals surface area (Å²) in [4.78, 5) is 62.3. The number of aromatic nitrogens is 2. The Balaban J connectivity index is 1.53. The average molecular weight is 540 g/mol. The Morgan fingerprint density at radius 1 is 1.10 bits per heavy atom. The smallest absolute Gasteiger partial charge is 0.409 e. The van der Waals surface area contributed by atoms with Crippen LogP contribution in [0.3, 0.4) is 0 Å². The Bertz CT molecular complexity index is 1180. The van der Waals surface area contributed by atoms with Gasteiger partial charge in [0.25, 0.3) is 5.91 Å². The highest BCUT2D eigenvalue weighted by Crippen LogP contribution is 2.26. The summed E-state index contributed by atoms with van der Waals surface area (Å²) in [6.45, 7) is 4.12. The highest BCUT2D eigenvalue weighted by atomic mass is 16.6. The number of carbonyl (C=O) groups excluding carboxylic acids is 3. The summed E-state index contributed by atoms with van der Waals surface area (Å²) in [5, 5.41) is 12.0. The number of carboxylic acid groups (broad SMARTS) is 1. The summed E-state index contributed by atoms with van der Waals surface area (Å²) in [5.41, 5.74) is 1.51. The topological polar surface area (TPSA) is 151 Å². The fourth-order valence-electron chi connectivity index (χ4n) is 4.58. The number of amides is 3. The van der Waals surface area contributed by atoms with E-state index >= 15 is 0 Å². The van der Waals surface area contributed by atoms with E-state index in [1.807, 2.05) is 30.3 Å². The Labute approximate surface area is 226 Å². The molecule has 0 saturated carbocycles. The van der Waals surface area contributed by atoms with Crippen molar-refractivity contribution in [2.45, 2.75) is 38.1 Å². The lowest BCUT2D eigenvalue weighted by Gasteiger charge is -2.35.